The van der Waals surface area contributed by atoms with Gasteiger partial charge in [-0.1, -0.05) is 121 Å². The molecule has 5 heteroatoms. The van der Waals surface area contributed by atoms with Gasteiger partial charge in [0.2, 0.25) is 0 Å². The second-order valence-electron chi connectivity index (χ2n) is 13.0. The quantitative estimate of drug-likeness (QED) is 0.129. The van der Waals surface area contributed by atoms with Gasteiger partial charge in [0.25, 0.3) is 0 Å². The van der Waals surface area contributed by atoms with Crippen molar-refractivity contribution in [3.8, 4) is 16.9 Å². The van der Waals surface area contributed by atoms with Gasteiger partial charge in [0.15, 0.2) is 8.07 Å². The Morgan fingerprint density at radius 1 is 0.431 bits per heavy atom. The number of benzene rings is 6. The van der Waals surface area contributed by atoms with Gasteiger partial charge in [-0.15, -0.1) is 11.3 Å². The molecule has 0 amide bonds. The Kier molecular flexibility index (Phi) is 7.01. The highest BCUT2D eigenvalue weighted by Gasteiger charge is 2.42. The fourth-order valence-electron chi connectivity index (χ4n) is 8.02. The highest BCUT2D eigenvalue weighted by Crippen LogP contribution is 2.40. The van der Waals surface area contributed by atoms with Crippen LogP contribution in [0.5, 0.6) is 0 Å². The van der Waals surface area contributed by atoms with Crippen molar-refractivity contribution in [3.05, 3.63) is 188 Å². The normalized spacial score (nSPS) is 11.9. The molecule has 4 aromatic heterocycles. The van der Waals surface area contributed by atoms with Crippen LogP contribution in [0.25, 0.3) is 59.1 Å². The standard InChI is InChI=1S/C46H31N3SSi/c1-3-16-34(17-4-1)51(35-18-5-2-6-19-35,36-20-11-14-32(28-36)42-24-9-10-26-47-42)37-21-12-15-33(29-37)49-43-30-41-38-22-7-8-25-44(38)50-45(41)31-40(43)39-23-13-27-48-46(39)49/h1-31H. The predicted octanol–water partition coefficient (Wildman–Crippen LogP) is 8.99. The lowest BCUT2D eigenvalue weighted by Gasteiger charge is -2.35. The van der Waals surface area contributed by atoms with E-state index in [4.69, 9.17) is 9.97 Å². The minimum atomic E-state index is -2.87. The van der Waals surface area contributed by atoms with Crippen molar-refractivity contribution < 1.29 is 0 Å². The van der Waals surface area contributed by atoms with E-state index in [0.29, 0.717) is 0 Å². The predicted molar refractivity (Wildman–Crippen MR) is 218 cm³/mol. The van der Waals surface area contributed by atoms with E-state index in [0.717, 1.165) is 28.0 Å². The molecular weight excluding hydrogens is 655 g/mol. The van der Waals surface area contributed by atoms with E-state index in [9.17, 15) is 0 Å². The van der Waals surface area contributed by atoms with Crippen molar-refractivity contribution in [1.29, 1.82) is 0 Å². The number of fused-ring (bicyclic) bond motifs is 6. The summed E-state index contributed by atoms with van der Waals surface area (Å²) >= 11 is 1.86. The average molecular weight is 686 g/mol. The molecule has 0 bridgehead atoms. The second kappa shape index (κ2) is 12.0. The number of rotatable bonds is 6. The molecule has 0 saturated carbocycles. The minimum absolute atomic E-state index is 0.968. The zero-order valence-electron chi connectivity index (χ0n) is 27.6. The number of aromatic nitrogens is 3. The molecule has 0 saturated heterocycles. The third kappa shape index (κ3) is 4.70. The molecule has 6 aromatic carbocycles. The number of hydrogen-bond acceptors (Lipinski definition) is 3. The molecule has 0 atom stereocenters. The van der Waals surface area contributed by atoms with Crippen molar-refractivity contribution >= 4 is 82.3 Å². The van der Waals surface area contributed by atoms with Crippen LogP contribution in [0.4, 0.5) is 0 Å². The molecular formula is C46H31N3SSi. The third-order valence-electron chi connectivity index (χ3n) is 10.2. The number of hydrogen-bond donors (Lipinski definition) is 0. The first kappa shape index (κ1) is 29.7. The van der Waals surface area contributed by atoms with Crippen LogP contribution in [0, 0.1) is 0 Å². The molecule has 10 aromatic rings. The summed E-state index contributed by atoms with van der Waals surface area (Å²) in [4.78, 5) is 9.75. The maximum Gasteiger partial charge on any atom is 0.179 e. The molecule has 0 unspecified atom stereocenters. The first-order chi connectivity index (χ1) is 25.3. The van der Waals surface area contributed by atoms with Crippen LogP contribution < -0.4 is 20.7 Å². The monoisotopic (exact) mass is 685 g/mol. The van der Waals surface area contributed by atoms with Gasteiger partial charge >= 0.3 is 0 Å². The van der Waals surface area contributed by atoms with E-state index in [1.54, 1.807) is 0 Å². The van der Waals surface area contributed by atoms with E-state index in [2.05, 4.69) is 174 Å². The number of pyridine rings is 2. The fraction of sp³-hybridized carbons (Fsp3) is 0. The molecule has 10 rings (SSSR count). The molecule has 0 radical (unpaired) electrons. The second-order valence-corrected chi connectivity index (χ2v) is 17.9. The van der Waals surface area contributed by atoms with E-state index >= 15 is 0 Å². The van der Waals surface area contributed by atoms with Crippen LogP contribution in [0.3, 0.4) is 0 Å². The average Bonchev–Trinajstić information content (AvgIpc) is 3.73. The summed E-state index contributed by atoms with van der Waals surface area (Å²) in [6, 6.07) is 64.4. The first-order valence-electron chi connectivity index (χ1n) is 17.2. The van der Waals surface area contributed by atoms with Gasteiger partial charge in [-0.3, -0.25) is 9.55 Å². The molecule has 0 aliphatic rings. The molecule has 0 fully saturated rings. The zero-order valence-corrected chi connectivity index (χ0v) is 29.5. The third-order valence-corrected chi connectivity index (χ3v) is 16.1. The van der Waals surface area contributed by atoms with Crippen LogP contribution >= 0.6 is 11.3 Å². The molecule has 0 spiro atoms. The van der Waals surface area contributed by atoms with Gasteiger partial charge in [-0.25, -0.2) is 4.98 Å². The van der Waals surface area contributed by atoms with Crippen LogP contribution in [-0.4, -0.2) is 22.6 Å². The Balaban J connectivity index is 1.28. The Labute approximate surface area is 300 Å². The maximum atomic E-state index is 5.01. The van der Waals surface area contributed by atoms with Crippen molar-refractivity contribution in [3.63, 3.8) is 0 Å². The number of thiophene rings is 1. The summed E-state index contributed by atoms with van der Waals surface area (Å²) in [7, 11) is -2.87. The summed E-state index contributed by atoms with van der Waals surface area (Å²) in [5, 5.41) is 10.2. The van der Waals surface area contributed by atoms with Gasteiger partial charge in [-0.2, -0.15) is 0 Å². The summed E-state index contributed by atoms with van der Waals surface area (Å²) in [6.07, 6.45) is 3.78. The summed E-state index contributed by atoms with van der Waals surface area (Å²) in [5.74, 6) is 0. The Morgan fingerprint density at radius 3 is 1.88 bits per heavy atom. The fourth-order valence-corrected chi connectivity index (χ4v) is 14.0. The van der Waals surface area contributed by atoms with Crippen LogP contribution in [0.1, 0.15) is 0 Å². The highest BCUT2D eigenvalue weighted by atomic mass is 32.1. The van der Waals surface area contributed by atoms with Gasteiger partial charge < -0.3 is 0 Å². The van der Waals surface area contributed by atoms with Gasteiger partial charge in [0.1, 0.15) is 5.65 Å². The topological polar surface area (TPSA) is 30.7 Å². The maximum absolute atomic E-state index is 5.01. The van der Waals surface area contributed by atoms with Gasteiger partial charge in [0.05, 0.1) is 11.2 Å². The van der Waals surface area contributed by atoms with Crippen molar-refractivity contribution in [2.24, 2.45) is 0 Å². The van der Waals surface area contributed by atoms with Crippen molar-refractivity contribution in [2.75, 3.05) is 0 Å². The summed E-state index contributed by atoms with van der Waals surface area (Å²) < 4.78 is 4.98. The molecule has 51 heavy (non-hydrogen) atoms. The van der Waals surface area contributed by atoms with Crippen LogP contribution in [0.2, 0.25) is 0 Å². The highest BCUT2D eigenvalue weighted by molar-refractivity contribution is 7.26. The van der Waals surface area contributed by atoms with E-state index in [1.165, 1.54) is 51.8 Å². The van der Waals surface area contributed by atoms with Gasteiger partial charge in [-0.05, 0) is 75.3 Å². The van der Waals surface area contributed by atoms with Crippen LogP contribution in [-0.2, 0) is 0 Å². The largest absolute Gasteiger partial charge is 0.294 e. The van der Waals surface area contributed by atoms with E-state index in [1.807, 2.05) is 29.8 Å². The Hall–Kier alpha value is -6.14. The molecule has 3 nitrogen and oxygen atoms in total. The van der Waals surface area contributed by atoms with Crippen molar-refractivity contribution in [1.82, 2.24) is 14.5 Å². The lowest BCUT2D eigenvalue weighted by Crippen LogP contribution is -2.74. The number of nitrogens with zero attached hydrogens (tertiary/aromatic N) is 3. The lowest BCUT2D eigenvalue weighted by molar-refractivity contribution is 1.14. The van der Waals surface area contributed by atoms with Crippen molar-refractivity contribution in [2.45, 2.75) is 0 Å². The molecule has 4 heterocycles. The molecule has 0 N–H and O–H groups in total. The minimum Gasteiger partial charge on any atom is -0.294 e. The summed E-state index contributed by atoms with van der Waals surface area (Å²) in [5.41, 5.74) is 5.33. The molecule has 240 valence electrons. The molecule has 0 aliphatic carbocycles. The van der Waals surface area contributed by atoms with E-state index in [-0.39, 0.29) is 0 Å². The molecule has 0 aliphatic heterocycles. The van der Waals surface area contributed by atoms with E-state index < -0.39 is 8.07 Å². The smallest absolute Gasteiger partial charge is 0.179 e. The van der Waals surface area contributed by atoms with Gasteiger partial charge in [0, 0.05) is 54.6 Å². The first-order valence-corrected chi connectivity index (χ1v) is 20.0. The Morgan fingerprint density at radius 2 is 1.10 bits per heavy atom. The summed E-state index contributed by atoms with van der Waals surface area (Å²) in [6.45, 7) is 0. The Bertz CT molecular complexity index is 2820. The van der Waals surface area contributed by atoms with Crippen LogP contribution in [0.15, 0.2) is 188 Å². The zero-order chi connectivity index (χ0) is 33.8. The SMILES string of the molecule is c1ccc([Si](c2ccccc2)(c2cccc(-c3ccccn3)c2)c2cccc(-n3c4cc5c(cc4c4cccnc43)sc3ccccc35)c2)cc1. The lowest BCUT2D eigenvalue weighted by atomic mass is 10.1.